The van der Waals surface area contributed by atoms with Crippen molar-refractivity contribution in [2.45, 2.75) is 33.1 Å². The molecule has 0 aliphatic heterocycles. The summed E-state index contributed by atoms with van der Waals surface area (Å²) >= 11 is 0. The highest BCUT2D eigenvalue weighted by atomic mass is 16.5. The van der Waals surface area contributed by atoms with E-state index in [2.05, 4.69) is 0 Å². The van der Waals surface area contributed by atoms with Crippen molar-refractivity contribution in [3.8, 4) is 5.75 Å². The van der Waals surface area contributed by atoms with E-state index in [0.29, 0.717) is 13.0 Å². The monoisotopic (exact) mass is 298 g/mol. The van der Waals surface area contributed by atoms with Gasteiger partial charge in [-0.25, -0.2) is 0 Å². The summed E-state index contributed by atoms with van der Waals surface area (Å²) < 4.78 is 5.70. The van der Waals surface area contributed by atoms with Gasteiger partial charge in [0.05, 0.1) is 12.5 Å². The Labute approximate surface area is 131 Å². The second-order valence-corrected chi connectivity index (χ2v) is 5.70. The first-order chi connectivity index (χ1) is 10.5. The Bertz CT molecular complexity index is 661. The van der Waals surface area contributed by atoms with Gasteiger partial charge in [-0.15, -0.1) is 0 Å². The first-order valence-electron chi connectivity index (χ1n) is 7.47. The smallest absolute Gasteiger partial charge is 0.311 e. The maximum absolute atomic E-state index is 11.6. The van der Waals surface area contributed by atoms with E-state index in [4.69, 9.17) is 4.74 Å². The van der Waals surface area contributed by atoms with Gasteiger partial charge < -0.3 is 9.84 Å². The number of benzene rings is 2. The third kappa shape index (κ3) is 4.10. The Morgan fingerprint density at radius 3 is 2.50 bits per heavy atom. The topological polar surface area (TPSA) is 46.5 Å². The van der Waals surface area contributed by atoms with Crippen molar-refractivity contribution < 1.29 is 14.6 Å². The first kappa shape index (κ1) is 16.1. The van der Waals surface area contributed by atoms with Gasteiger partial charge in [0.2, 0.25) is 0 Å². The average Bonchev–Trinajstić information content (AvgIpc) is 2.46. The van der Waals surface area contributed by atoms with E-state index in [0.717, 1.165) is 28.0 Å². The van der Waals surface area contributed by atoms with Crippen LogP contribution >= 0.6 is 0 Å². The highest BCUT2D eigenvalue weighted by molar-refractivity contribution is 5.76. The lowest BCUT2D eigenvalue weighted by Crippen LogP contribution is -2.16. The number of carbonyl (C=O) groups is 1. The Balaban J connectivity index is 2.06. The number of carboxylic acid groups (broad SMARTS) is 1. The summed E-state index contributed by atoms with van der Waals surface area (Å²) in [7, 11) is 0. The van der Waals surface area contributed by atoms with Crippen molar-refractivity contribution in [3.63, 3.8) is 0 Å². The van der Waals surface area contributed by atoms with Gasteiger partial charge in [-0.2, -0.15) is 0 Å². The molecule has 0 saturated carbocycles. The minimum Gasteiger partial charge on any atom is -0.494 e. The van der Waals surface area contributed by atoms with Crippen molar-refractivity contribution in [2.24, 2.45) is 0 Å². The summed E-state index contributed by atoms with van der Waals surface area (Å²) in [6.45, 7) is 6.31. The van der Waals surface area contributed by atoms with Gasteiger partial charge in [-0.3, -0.25) is 4.79 Å². The maximum Gasteiger partial charge on any atom is 0.311 e. The zero-order valence-corrected chi connectivity index (χ0v) is 13.3. The van der Waals surface area contributed by atoms with Gasteiger partial charge in [-0.1, -0.05) is 35.9 Å². The van der Waals surface area contributed by atoms with Gasteiger partial charge in [0.1, 0.15) is 5.75 Å². The molecule has 3 nitrogen and oxygen atoms in total. The number of aliphatic carboxylic acids is 1. The molecule has 1 atom stereocenters. The molecular formula is C19H22O3. The number of carboxylic acids is 1. The fraction of sp³-hybridized carbons (Fsp3) is 0.316. The van der Waals surface area contributed by atoms with Crippen molar-refractivity contribution in [3.05, 3.63) is 64.7 Å². The lowest BCUT2D eigenvalue weighted by Gasteiger charge is -2.16. The molecule has 3 heteroatoms. The molecule has 0 bridgehead atoms. The molecule has 0 fully saturated rings. The van der Waals surface area contributed by atoms with Crippen molar-refractivity contribution in [2.75, 3.05) is 6.61 Å². The van der Waals surface area contributed by atoms with E-state index in [-0.39, 0.29) is 0 Å². The molecule has 0 spiro atoms. The second kappa shape index (κ2) is 7.12. The molecule has 116 valence electrons. The van der Waals surface area contributed by atoms with Crippen LogP contribution in [-0.4, -0.2) is 17.7 Å². The quantitative estimate of drug-likeness (QED) is 0.867. The Hall–Kier alpha value is -2.29. The highest BCUT2D eigenvalue weighted by Crippen LogP contribution is 2.25. The van der Waals surface area contributed by atoms with E-state index < -0.39 is 11.9 Å². The number of rotatable bonds is 6. The van der Waals surface area contributed by atoms with E-state index in [1.807, 2.05) is 63.2 Å². The van der Waals surface area contributed by atoms with Crippen LogP contribution in [0.5, 0.6) is 5.75 Å². The van der Waals surface area contributed by atoms with Crippen LogP contribution in [0, 0.1) is 20.8 Å². The molecule has 0 aromatic heterocycles. The van der Waals surface area contributed by atoms with Crippen LogP contribution in [0.3, 0.4) is 0 Å². The fourth-order valence-electron chi connectivity index (χ4n) is 2.55. The van der Waals surface area contributed by atoms with Gasteiger partial charge in [-0.05, 0) is 56.0 Å². The number of ether oxygens (including phenoxy) is 1. The number of hydrogen-bond donors (Lipinski definition) is 1. The highest BCUT2D eigenvalue weighted by Gasteiger charge is 2.21. The zero-order valence-electron chi connectivity index (χ0n) is 13.3. The van der Waals surface area contributed by atoms with E-state index in [1.165, 1.54) is 0 Å². The van der Waals surface area contributed by atoms with Gasteiger partial charge >= 0.3 is 5.97 Å². The van der Waals surface area contributed by atoms with Crippen LogP contribution in [0.1, 0.15) is 34.6 Å². The Morgan fingerprint density at radius 2 is 1.82 bits per heavy atom. The SMILES string of the molecule is Cc1cccc(OCCC(C(=O)O)c2cc(C)ccc2C)c1. The number of hydrogen-bond acceptors (Lipinski definition) is 2. The summed E-state index contributed by atoms with van der Waals surface area (Å²) in [4.78, 5) is 11.6. The van der Waals surface area contributed by atoms with Gasteiger partial charge in [0.25, 0.3) is 0 Å². The van der Waals surface area contributed by atoms with Crippen molar-refractivity contribution in [1.29, 1.82) is 0 Å². The Kier molecular flexibility index (Phi) is 5.21. The van der Waals surface area contributed by atoms with Crippen LogP contribution in [0.15, 0.2) is 42.5 Å². The fourth-order valence-corrected chi connectivity index (χ4v) is 2.55. The predicted molar refractivity (Wildman–Crippen MR) is 87.6 cm³/mol. The summed E-state index contributed by atoms with van der Waals surface area (Å²) in [5, 5.41) is 9.53. The maximum atomic E-state index is 11.6. The molecule has 0 aliphatic rings. The zero-order chi connectivity index (χ0) is 16.1. The molecule has 1 N–H and O–H groups in total. The summed E-state index contributed by atoms with van der Waals surface area (Å²) in [6.07, 6.45) is 0.452. The van der Waals surface area contributed by atoms with E-state index in [9.17, 15) is 9.90 Å². The predicted octanol–water partition coefficient (Wildman–Crippen LogP) is 4.25. The molecule has 0 aliphatic carbocycles. The van der Waals surface area contributed by atoms with Crippen LogP contribution in [0.25, 0.3) is 0 Å². The lowest BCUT2D eigenvalue weighted by molar-refractivity contribution is -0.139. The normalized spacial score (nSPS) is 12.0. The first-order valence-corrected chi connectivity index (χ1v) is 7.47. The molecule has 22 heavy (non-hydrogen) atoms. The molecule has 0 radical (unpaired) electrons. The molecular weight excluding hydrogens is 276 g/mol. The van der Waals surface area contributed by atoms with Gasteiger partial charge in [0, 0.05) is 0 Å². The molecule has 1 unspecified atom stereocenters. The van der Waals surface area contributed by atoms with Crippen molar-refractivity contribution >= 4 is 5.97 Å². The largest absolute Gasteiger partial charge is 0.494 e. The third-order valence-corrected chi connectivity index (χ3v) is 3.77. The standard InChI is InChI=1S/C19H22O3/c1-13-5-4-6-16(11-13)22-10-9-17(19(20)21)18-12-14(2)7-8-15(18)3/h4-8,11-12,17H,9-10H2,1-3H3,(H,20,21). The third-order valence-electron chi connectivity index (χ3n) is 3.77. The molecule has 2 aromatic carbocycles. The molecule has 0 heterocycles. The molecule has 2 rings (SSSR count). The molecule has 0 amide bonds. The second-order valence-electron chi connectivity index (χ2n) is 5.70. The van der Waals surface area contributed by atoms with Crippen LogP contribution in [0.4, 0.5) is 0 Å². The van der Waals surface area contributed by atoms with E-state index >= 15 is 0 Å². The summed E-state index contributed by atoms with van der Waals surface area (Å²) in [5.41, 5.74) is 4.09. The minimum atomic E-state index is -0.804. The molecule has 2 aromatic rings. The Morgan fingerprint density at radius 1 is 1.09 bits per heavy atom. The van der Waals surface area contributed by atoms with E-state index in [1.54, 1.807) is 0 Å². The minimum absolute atomic E-state index is 0.383. The van der Waals surface area contributed by atoms with Crippen LogP contribution in [-0.2, 0) is 4.79 Å². The van der Waals surface area contributed by atoms with Crippen LogP contribution in [0.2, 0.25) is 0 Å². The number of aryl methyl sites for hydroxylation is 3. The van der Waals surface area contributed by atoms with Crippen LogP contribution < -0.4 is 4.74 Å². The summed E-state index contributed by atoms with van der Waals surface area (Å²) in [6, 6.07) is 13.7. The lowest BCUT2D eigenvalue weighted by atomic mass is 9.91. The van der Waals surface area contributed by atoms with Crippen molar-refractivity contribution in [1.82, 2.24) is 0 Å². The molecule has 0 saturated heterocycles. The van der Waals surface area contributed by atoms with Gasteiger partial charge in [0.15, 0.2) is 0 Å². The summed E-state index contributed by atoms with van der Waals surface area (Å²) in [5.74, 6) is -0.559. The average molecular weight is 298 g/mol.